The fraction of sp³-hybridized carbons (Fsp3) is 0.850. The summed E-state index contributed by atoms with van der Waals surface area (Å²) in [6, 6.07) is 2.42. The van der Waals surface area contributed by atoms with Crippen molar-refractivity contribution < 1.29 is 9.32 Å². The molecule has 1 aliphatic carbocycles. The molecule has 148 valence electrons. The number of piperidine rings is 2. The van der Waals surface area contributed by atoms with Crippen molar-refractivity contribution in [2.24, 2.45) is 17.8 Å². The third-order valence-electron chi connectivity index (χ3n) is 7.54. The summed E-state index contributed by atoms with van der Waals surface area (Å²) in [7, 11) is 0. The number of anilines is 1. The van der Waals surface area contributed by atoms with E-state index in [4.69, 9.17) is 4.52 Å². The molecular weight excluding hydrogens is 342 g/mol. The Bertz CT molecular complexity index is 691. The van der Waals surface area contributed by atoms with Gasteiger partial charge in [-0.15, -0.1) is 0 Å². The number of carbonyl (C=O) groups excluding carboxylic acids is 1. The van der Waals surface area contributed by atoms with Crippen LogP contribution in [-0.2, 0) is 4.79 Å². The molecule has 5 atom stereocenters. The first-order valence-corrected chi connectivity index (χ1v) is 10.7. The third kappa shape index (κ3) is 2.77. The van der Waals surface area contributed by atoms with Crippen molar-refractivity contribution in [2.75, 3.05) is 31.1 Å². The normalized spacial score (nSPS) is 37.5. The lowest BCUT2D eigenvalue weighted by molar-refractivity contribution is -0.133. The fourth-order valence-electron chi connectivity index (χ4n) is 6.12. The van der Waals surface area contributed by atoms with Crippen LogP contribution >= 0.6 is 0 Å². The van der Waals surface area contributed by atoms with Gasteiger partial charge in [0.25, 0.3) is 0 Å². The number of aromatic nitrogens is 2. The first-order chi connectivity index (χ1) is 13.1. The fourth-order valence-corrected chi connectivity index (χ4v) is 6.12. The first kappa shape index (κ1) is 17.5. The zero-order valence-corrected chi connectivity index (χ0v) is 16.7. The Labute approximate surface area is 161 Å². The van der Waals surface area contributed by atoms with Crippen LogP contribution in [0.15, 0.2) is 4.52 Å². The monoisotopic (exact) mass is 373 g/mol. The van der Waals surface area contributed by atoms with Gasteiger partial charge in [0.1, 0.15) is 0 Å². The zero-order valence-electron chi connectivity index (χ0n) is 16.7. The van der Waals surface area contributed by atoms with Gasteiger partial charge in [0, 0.05) is 50.2 Å². The van der Waals surface area contributed by atoms with E-state index in [-0.39, 0.29) is 0 Å². The molecule has 4 fully saturated rings. The van der Waals surface area contributed by atoms with Crippen molar-refractivity contribution in [2.45, 2.75) is 64.6 Å². The van der Waals surface area contributed by atoms with Gasteiger partial charge in [-0.2, -0.15) is 4.98 Å². The average molecular weight is 374 g/mol. The maximum atomic E-state index is 12.7. The maximum absolute atomic E-state index is 12.7. The Morgan fingerprint density at radius 2 is 1.74 bits per heavy atom. The number of rotatable bonds is 5. The highest BCUT2D eigenvalue weighted by molar-refractivity contribution is 5.82. The molecule has 0 spiro atoms. The molecule has 3 aliphatic heterocycles. The van der Waals surface area contributed by atoms with Gasteiger partial charge in [-0.25, -0.2) is 0 Å². The number of nitrogens with zero attached hydrogens (tertiary/aromatic N) is 5. The Kier molecular flexibility index (Phi) is 4.18. The summed E-state index contributed by atoms with van der Waals surface area (Å²) in [4.78, 5) is 24.2. The molecule has 7 nitrogen and oxygen atoms in total. The molecule has 5 rings (SSSR count). The predicted molar refractivity (Wildman–Crippen MR) is 101 cm³/mol. The molecule has 4 aliphatic rings. The minimum atomic E-state index is 0.305. The minimum Gasteiger partial charge on any atom is -0.343 e. The lowest BCUT2D eigenvalue weighted by Gasteiger charge is -2.42. The molecule has 0 aromatic carbocycles. The van der Waals surface area contributed by atoms with E-state index >= 15 is 0 Å². The van der Waals surface area contributed by atoms with Crippen molar-refractivity contribution in [1.29, 1.82) is 0 Å². The summed E-state index contributed by atoms with van der Waals surface area (Å²) in [5, 5.41) is 3.98. The Morgan fingerprint density at radius 3 is 2.26 bits per heavy atom. The second kappa shape index (κ2) is 6.47. The van der Waals surface area contributed by atoms with Gasteiger partial charge in [0.05, 0.1) is 0 Å². The van der Waals surface area contributed by atoms with Gasteiger partial charge in [-0.05, 0) is 58.3 Å². The van der Waals surface area contributed by atoms with E-state index in [9.17, 15) is 4.79 Å². The molecule has 1 saturated carbocycles. The Hall–Kier alpha value is -1.63. The van der Waals surface area contributed by atoms with E-state index < -0.39 is 0 Å². The van der Waals surface area contributed by atoms with Crippen molar-refractivity contribution in [3.63, 3.8) is 0 Å². The molecule has 2 bridgehead atoms. The predicted octanol–water partition coefficient (Wildman–Crippen LogP) is 1.92. The van der Waals surface area contributed by atoms with Gasteiger partial charge in [-0.3, -0.25) is 9.69 Å². The van der Waals surface area contributed by atoms with Crippen LogP contribution in [0.1, 0.15) is 45.4 Å². The number of amides is 1. The highest BCUT2D eigenvalue weighted by Gasteiger charge is 2.61. The van der Waals surface area contributed by atoms with E-state index in [0.29, 0.717) is 47.8 Å². The molecule has 0 N–H and O–H groups in total. The standard InChI is InChI=1S/C20H31N5O2/c1-4-23(5-2)19(26)18-16-10-24(11-17(16)18)15-8-13-6-7-14(9-15)25(13)20-21-12(3)22-27-20/h13-18H,4-11H2,1-3H3/t13?,14?,15?,16-,17+,18+. The van der Waals surface area contributed by atoms with Crippen LogP contribution in [0.25, 0.3) is 0 Å². The van der Waals surface area contributed by atoms with Gasteiger partial charge in [0.15, 0.2) is 5.82 Å². The van der Waals surface area contributed by atoms with E-state index in [1.165, 1.54) is 25.7 Å². The number of hydrogen-bond donors (Lipinski definition) is 0. The van der Waals surface area contributed by atoms with Gasteiger partial charge in [-0.1, -0.05) is 5.16 Å². The van der Waals surface area contributed by atoms with Crippen molar-refractivity contribution >= 4 is 11.9 Å². The molecule has 7 heteroatoms. The van der Waals surface area contributed by atoms with E-state index in [1.807, 2.05) is 11.8 Å². The lowest BCUT2D eigenvalue weighted by Crippen LogP contribution is -2.51. The molecule has 1 amide bonds. The minimum absolute atomic E-state index is 0.305. The molecule has 27 heavy (non-hydrogen) atoms. The van der Waals surface area contributed by atoms with E-state index in [1.54, 1.807) is 0 Å². The highest BCUT2D eigenvalue weighted by atomic mass is 16.5. The summed E-state index contributed by atoms with van der Waals surface area (Å²) in [6.07, 6.45) is 4.83. The summed E-state index contributed by atoms with van der Waals surface area (Å²) in [5.41, 5.74) is 0. The summed E-state index contributed by atoms with van der Waals surface area (Å²) in [5.74, 6) is 2.63. The molecule has 1 aromatic heterocycles. The SMILES string of the molecule is CCN(CC)C(=O)[C@H]1[C@@H]2CN(C3CC4CCC(C3)N4c3nc(C)no3)C[C@@H]21. The van der Waals surface area contributed by atoms with Crippen LogP contribution in [0, 0.1) is 24.7 Å². The topological polar surface area (TPSA) is 65.7 Å². The summed E-state index contributed by atoms with van der Waals surface area (Å²) >= 11 is 0. The Balaban J connectivity index is 1.20. The van der Waals surface area contributed by atoms with Crippen molar-refractivity contribution in [1.82, 2.24) is 19.9 Å². The summed E-state index contributed by atoms with van der Waals surface area (Å²) < 4.78 is 5.46. The van der Waals surface area contributed by atoms with Crippen LogP contribution in [-0.4, -0.2) is 70.2 Å². The molecular formula is C20H31N5O2. The number of likely N-dealkylation sites (tertiary alicyclic amines) is 1. The van der Waals surface area contributed by atoms with Gasteiger partial charge in [0.2, 0.25) is 5.91 Å². The molecule has 0 radical (unpaired) electrons. The third-order valence-corrected chi connectivity index (χ3v) is 7.54. The first-order valence-electron chi connectivity index (χ1n) is 10.7. The Morgan fingerprint density at radius 1 is 1.11 bits per heavy atom. The maximum Gasteiger partial charge on any atom is 0.324 e. The van der Waals surface area contributed by atoms with Crippen LogP contribution in [0.3, 0.4) is 0 Å². The van der Waals surface area contributed by atoms with E-state index in [0.717, 1.165) is 32.0 Å². The quantitative estimate of drug-likeness (QED) is 0.786. The van der Waals surface area contributed by atoms with Crippen molar-refractivity contribution in [3.05, 3.63) is 5.82 Å². The van der Waals surface area contributed by atoms with Crippen LogP contribution in [0.4, 0.5) is 6.01 Å². The smallest absolute Gasteiger partial charge is 0.324 e. The molecule has 4 heterocycles. The highest BCUT2D eigenvalue weighted by Crippen LogP contribution is 2.54. The second-order valence-electron chi connectivity index (χ2n) is 8.86. The van der Waals surface area contributed by atoms with Crippen LogP contribution < -0.4 is 4.90 Å². The zero-order chi connectivity index (χ0) is 18.7. The largest absolute Gasteiger partial charge is 0.343 e. The van der Waals surface area contributed by atoms with Gasteiger partial charge >= 0.3 is 6.01 Å². The number of carbonyl (C=O) groups is 1. The van der Waals surface area contributed by atoms with Crippen LogP contribution in [0.5, 0.6) is 0 Å². The molecule has 3 saturated heterocycles. The van der Waals surface area contributed by atoms with E-state index in [2.05, 4.69) is 33.8 Å². The number of aryl methyl sites for hydroxylation is 1. The second-order valence-corrected chi connectivity index (χ2v) is 8.86. The van der Waals surface area contributed by atoms with Gasteiger partial charge < -0.3 is 14.3 Å². The molecule has 1 aromatic rings. The molecule has 2 unspecified atom stereocenters. The number of hydrogen-bond acceptors (Lipinski definition) is 6. The lowest BCUT2D eigenvalue weighted by atomic mass is 9.96. The summed E-state index contributed by atoms with van der Waals surface area (Å²) in [6.45, 7) is 9.96. The average Bonchev–Trinajstić information content (AvgIpc) is 2.97. The van der Waals surface area contributed by atoms with Crippen molar-refractivity contribution in [3.8, 4) is 0 Å². The number of fused-ring (bicyclic) bond motifs is 3. The van der Waals surface area contributed by atoms with Crippen LogP contribution in [0.2, 0.25) is 0 Å².